The number of piperazine rings is 1. The maximum Gasteiger partial charge on any atom is 0.416 e. The highest BCUT2D eigenvalue weighted by Gasteiger charge is 2.45. The van der Waals surface area contributed by atoms with Crippen LogP contribution in [0.1, 0.15) is 58.7 Å². The standard InChI is InChI=1S/C39H41ClF3N13O5/c1-22-31(58)30(47-21-46-22)34(60)52-11-9-38(10-12-52)8-4-5-27-29(38)33(59)56-36(55(27)20-28(57)48-26-7-6-24(17-25(26)40)39(41,42)43)49-32(50-56)23-18-44-35(45-19-23)53-13-15-54(16-14-53)37(61)51(2)3/h6-7,17-19,21,58H,4-5,8-16,20H2,1-3H3,(H,48,57). The van der Waals surface area contributed by atoms with Gasteiger partial charge in [-0.2, -0.15) is 22.7 Å². The summed E-state index contributed by atoms with van der Waals surface area (Å²) in [6, 6.07) is 2.55. The largest absolute Gasteiger partial charge is 0.504 e. The molecule has 3 aliphatic rings. The van der Waals surface area contributed by atoms with Gasteiger partial charge in [0.2, 0.25) is 17.6 Å². The van der Waals surface area contributed by atoms with E-state index in [2.05, 4.69) is 30.4 Å². The molecule has 0 unspecified atom stereocenters. The molecule has 0 bridgehead atoms. The molecule has 5 aromatic rings. The van der Waals surface area contributed by atoms with Crippen molar-refractivity contribution in [2.24, 2.45) is 0 Å². The topological polar surface area (TPSA) is 200 Å². The lowest BCUT2D eigenvalue weighted by Gasteiger charge is -2.45. The number of likely N-dealkylation sites (tertiary alicyclic amines) is 1. The number of nitrogens with zero attached hydrogens (tertiary/aromatic N) is 12. The molecule has 61 heavy (non-hydrogen) atoms. The molecule has 8 rings (SSSR count). The second-order valence-electron chi connectivity index (χ2n) is 15.6. The summed E-state index contributed by atoms with van der Waals surface area (Å²) in [4.78, 5) is 83.0. The molecule has 4 amide bonds. The van der Waals surface area contributed by atoms with Gasteiger partial charge in [-0.3, -0.25) is 14.4 Å². The minimum absolute atomic E-state index is 0.0332. The molecule has 2 N–H and O–H groups in total. The van der Waals surface area contributed by atoms with E-state index in [9.17, 15) is 37.5 Å². The molecule has 320 valence electrons. The summed E-state index contributed by atoms with van der Waals surface area (Å²) >= 11 is 6.19. The van der Waals surface area contributed by atoms with Crippen molar-refractivity contribution >= 4 is 46.9 Å². The van der Waals surface area contributed by atoms with Crippen LogP contribution in [0.4, 0.5) is 29.6 Å². The van der Waals surface area contributed by atoms with E-state index in [1.165, 1.54) is 23.6 Å². The molecule has 1 aromatic carbocycles. The number of amides is 4. The third kappa shape index (κ3) is 7.77. The SMILES string of the molecule is Cc1ncnc(C(=O)N2CCC3(CCCc4c3c(=O)n3nc(-c5cnc(N6CCN(C(=O)N(C)C)CC6)nc5)nc3n4CC(=O)Nc3ccc(C(F)(F)F)cc3Cl)CC2)c1O. The first-order chi connectivity index (χ1) is 29.0. The zero-order valence-corrected chi connectivity index (χ0v) is 34.2. The maximum atomic E-state index is 14.7. The number of hydrogen-bond donors (Lipinski definition) is 2. The number of anilines is 2. The third-order valence-electron chi connectivity index (χ3n) is 11.7. The number of piperidine rings is 1. The number of aromatic hydroxyl groups is 1. The summed E-state index contributed by atoms with van der Waals surface area (Å²) < 4.78 is 42.8. The van der Waals surface area contributed by atoms with Crippen molar-refractivity contribution in [1.82, 2.24) is 53.8 Å². The van der Waals surface area contributed by atoms with Crippen molar-refractivity contribution in [3.8, 4) is 17.1 Å². The number of carbonyl (C=O) groups is 3. The minimum atomic E-state index is -4.64. The average Bonchev–Trinajstić information content (AvgIpc) is 3.70. The minimum Gasteiger partial charge on any atom is -0.504 e. The van der Waals surface area contributed by atoms with Crippen molar-refractivity contribution < 1.29 is 32.7 Å². The number of aryl methyl sites for hydroxylation is 1. The Hall–Kier alpha value is -6.38. The van der Waals surface area contributed by atoms with Gasteiger partial charge in [0.15, 0.2) is 17.3 Å². The Labute approximate surface area is 351 Å². The van der Waals surface area contributed by atoms with Crippen molar-refractivity contribution in [2.75, 3.05) is 63.6 Å². The van der Waals surface area contributed by atoms with Gasteiger partial charge in [-0.25, -0.2) is 24.7 Å². The Balaban J connectivity index is 1.13. The van der Waals surface area contributed by atoms with E-state index in [0.717, 1.165) is 22.7 Å². The molecule has 2 aliphatic heterocycles. The van der Waals surface area contributed by atoms with Crippen LogP contribution in [0.25, 0.3) is 17.2 Å². The van der Waals surface area contributed by atoms with Crippen LogP contribution >= 0.6 is 11.6 Å². The Kier molecular flexibility index (Phi) is 10.8. The summed E-state index contributed by atoms with van der Waals surface area (Å²) in [5.41, 5.74) is -0.609. The van der Waals surface area contributed by atoms with Crippen LogP contribution in [-0.2, 0) is 29.4 Å². The fourth-order valence-corrected chi connectivity index (χ4v) is 8.65. The number of rotatable bonds is 6. The quantitative estimate of drug-likeness (QED) is 0.251. The number of hydrogen-bond acceptors (Lipinski definition) is 12. The molecule has 6 heterocycles. The molecule has 0 atom stereocenters. The third-order valence-corrected chi connectivity index (χ3v) is 12.0. The first kappa shape index (κ1) is 41.4. The van der Waals surface area contributed by atoms with Gasteiger partial charge in [0.1, 0.15) is 12.9 Å². The molecule has 2 fully saturated rings. The molecular weight excluding hydrogens is 823 g/mol. The van der Waals surface area contributed by atoms with Crippen LogP contribution < -0.4 is 15.8 Å². The van der Waals surface area contributed by atoms with E-state index in [4.69, 9.17) is 16.6 Å². The lowest BCUT2D eigenvalue weighted by Crippen LogP contribution is -2.51. The number of alkyl halides is 3. The molecule has 0 saturated carbocycles. The number of nitrogens with one attached hydrogen (secondary N) is 1. The summed E-state index contributed by atoms with van der Waals surface area (Å²) in [7, 11) is 3.40. The van der Waals surface area contributed by atoms with Crippen molar-refractivity contribution in [3.05, 3.63) is 80.5 Å². The van der Waals surface area contributed by atoms with E-state index < -0.39 is 41.1 Å². The second-order valence-corrected chi connectivity index (χ2v) is 16.0. The second kappa shape index (κ2) is 15.9. The highest BCUT2D eigenvalue weighted by atomic mass is 35.5. The van der Waals surface area contributed by atoms with Crippen molar-refractivity contribution in [3.63, 3.8) is 0 Å². The molecule has 18 nitrogen and oxygen atoms in total. The van der Waals surface area contributed by atoms with Crippen LogP contribution in [0.3, 0.4) is 0 Å². The smallest absolute Gasteiger partial charge is 0.416 e. The van der Waals surface area contributed by atoms with Crippen LogP contribution in [0.5, 0.6) is 5.75 Å². The fraction of sp³-hybridized carbons (Fsp3) is 0.436. The van der Waals surface area contributed by atoms with E-state index >= 15 is 0 Å². The normalized spacial score (nSPS) is 16.5. The molecular formula is C39H41ClF3N13O5. The van der Waals surface area contributed by atoms with E-state index in [0.29, 0.717) is 81.1 Å². The van der Waals surface area contributed by atoms with Gasteiger partial charge >= 0.3 is 12.2 Å². The number of aromatic nitrogens is 8. The van der Waals surface area contributed by atoms with Gasteiger partial charge in [0.05, 0.1) is 27.5 Å². The zero-order chi connectivity index (χ0) is 43.4. The van der Waals surface area contributed by atoms with Crippen LogP contribution in [0, 0.1) is 6.92 Å². The number of benzene rings is 1. The van der Waals surface area contributed by atoms with Crippen LogP contribution in [0.15, 0.2) is 41.7 Å². The Morgan fingerprint density at radius 3 is 2.33 bits per heavy atom. The molecule has 0 radical (unpaired) electrons. The number of halogens is 4. The van der Waals surface area contributed by atoms with Gasteiger partial charge < -0.3 is 34.6 Å². The van der Waals surface area contributed by atoms with Crippen LogP contribution in [-0.4, -0.2) is 130 Å². The van der Waals surface area contributed by atoms with Gasteiger partial charge in [-0.1, -0.05) is 11.6 Å². The van der Waals surface area contributed by atoms with Crippen molar-refractivity contribution in [1.29, 1.82) is 0 Å². The highest BCUT2D eigenvalue weighted by Crippen LogP contribution is 2.44. The summed E-state index contributed by atoms with van der Waals surface area (Å²) in [6.45, 7) is 3.70. The molecule has 22 heteroatoms. The maximum absolute atomic E-state index is 14.7. The van der Waals surface area contributed by atoms with Crippen molar-refractivity contribution in [2.45, 2.75) is 57.2 Å². The van der Waals surface area contributed by atoms with Gasteiger partial charge in [0.25, 0.3) is 11.5 Å². The predicted octanol–water partition coefficient (Wildman–Crippen LogP) is 3.78. The molecule has 2 saturated heterocycles. The molecule has 4 aromatic heterocycles. The van der Waals surface area contributed by atoms with Gasteiger partial charge in [-0.15, -0.1) is 5.10 Å². The van der Waals surface area contributed by atoms with E-state index in [1.54, 1.807) is 35.4 Å². The Morgan fingerprint density at radius 2 is 1.67 bits per heavy atom. The first-order valence-electron chi connectivity index (χ1n) is 19.6. The molecule has 1 aliphatic carbocycles. The monoisotopic (exact) mass is 863 g/mol. The average molecular weight is 864 g/mol. The van der Waals surface area contributed by atoms with E-state index in [-0.39, 0.29) is 58.6 Å². The van der Waals surface area contributed by atoms with Gasteiger partial charge in [-0.05, 0) is 57.2 Å². The lowest BCUT2D eigenvalue weighted by atomic mass is 9.66. The Bertz CT molecular complexity index is 2600. The number of fused-ring (bicyclic) bond motifs is 3. The Morgan fingerprint density at radius 1 is 0.967 bits per heavy atom. The summed E-state index contributed by atoms with van der Waals surface area (Å²) in [5, 5.41) is 17.4. The number of carbonyl (C=O) groups excluding carboxylic acids is 3. The predicted molar refractivity (Wildman–Crippen MR) is 214 cm³/mol. The fourth-order valence-electron chi connectivity index (χ4n) is 8.42. The number of urea groups is 1. The highest BCUT2D eigenvalue weighted by molar-refractivity contribution is 6.33. The lowest BCUT2D eigenvalue weighted by molar-refractivity contribution is -0.137. The summed E-state index contributed by atoms with van der Waals surface area (Å²) in [5.74, 6) is -0.792. The first-order valence-corrected chi connectivity index (χ1v) is 20.0. The van der Waals surface area contributed by atoms with Gasteiger partial charge in [0, 0.05) is 82.4 Å². The molecule has 1 spiro atoms. The van der Waals surface area contributed by atoms with Crippen LogP contribution in [0.2, 0.25) is 5.02 Å². The zero-order valence-electron chi connectivity index (χ0n) is 33.4. The van der Waals surface area contributed by atoms with E-state index in [1.807, 2.05) is 4.90 Å². The summed E-state index contributed by atoms with van der Waals surface area (Å²) in [6.07, 6.45) is 2.08.